The van der Waals surface area contributed by atoms with Crippen LogP contribution in [0.2, 0.25) is 0 Å². The fourth-order valence-corrected chi connectivity index (χ4v) is 4.17. The number of hydrogen-bond acceptors (Lipinski definition) is 14. The zero-order chi connectivity index (χ0) is 28.1. The van der Waals surface area contributed by atoms with Crippen molar-refractivity contribution in [3.63, 3.8) is 0 Å². The number of carbonyl (C=O) groups excluding carboxylic acids is 2. The van der Waals surface area contributed by atoms with Crippen LogP contribution in [-0.2, 0) is 28.5 Å². The second-order valence-corrected chi connectivity index (χ2v) is 8.61. The summed E-state index contributed by atoms with van der Waals surface area (Å²) in [6.45, 7) is 2.80. The maximum atomic E-state index is 12.4. The Kier molecular flexibility index (Phi) is 9.54. The van der Waals surface area contributed by atoms with Gasteiger partial charge in [-0.3, -0.25) is 0 Å². The molecule has 38 heavy (non-hydrogen) atoms. The molecule has 0 aromatic heterocycles. The van der Waals surface area contributed by atoms with Gasteiger partial charge in [0.15, 0.2) is 23.5 Å². The third-order valence-electron chi connectivity index (χ3n) is 6.28. The van der Waals surface area contributed by atoms with Crippen molar-refractivity contribution >= 4 is 11.9 Å². The molecule has 0 unspecified atom stereocenters. The summed E-state index contributed by atoms with van der Waals surface area (Å²) in [5, 5.41) is 68.4. The van der Waals surface area contributed by atoms with Crippen molar-refractivity contribution in [2.75, 3.05) is 20.3 Å². The first kappa shape index (κ1) is 29.2. The summed E-state index contributed by atoms with van der Waals surface area (Å²) in [7, 11) is 1.16. The average molecular weight is 542 g/mol. The van der Waals surface area contributed by atoms with E-state index in [1.54, 1.807) is 0 Å². The third-order valence-corrected chi connectivity index (χ3v) is 6.28. The van der Waals surface area contributed by atoms with Crippen molar-refractivity contribution in [3.05, 3.63) is 42.2 Å². The molecule has 2 aliphatic heterocycles. The van der Waals surface area contributed by atoms with Gasteiger partial charge in [-0.1, -0.05) is 6.08 Å². The standard InChI is InChI=1S/C24H30O14/c1-3-11-12(4-5-35-21(32)10-6-14(26)17(28)15(27)7-10)13(22(33)34-2)9-36-23(11)38-24-20(31)19(30)18(29)16(8-25)37-24/h3,6-7,9,11-12,16,18-20,23-31H,1,4-5,8H2,2H3/t11-,12+,16+,18-,19-,20-,23+,24-/m1/s1. The Morgan fingerprint density at radius 1 is 1.03 bits per heavy atom. The number of methoxy groups -OCH3 is 1. The van der Waals surface area contributed by atoms with Gasteiger partial charge in [0.1, 0.15) is 24.4 Å². The van der Waals surface area contributed by atoms with Crippen LogP contribution in [0.4, 0.5) is 0 Å². The predicted molar refractivity (Wildman–Crippen MR) is 123 cm³/mol. The highest BCUT2D eigenvalue weighted by atomic mass is 16.8. The molecular weight excluding hydrogens is 512 g/mol. The Bertz CT molecular complexity index is 1030. The SMILES string of the molecule is C=C[C@H]1[C@H](O[C@H]2O[C@@H](CO)[C@@H](O)[C@@H](O)[C@H]2O)OC=C(C(=O)OC)[C@H]1CCOC(=O)c1cc(O)c(O)c(O)c1. The van der Waals surface area contributed by atoms with Gasteiger partial charge in [0.25, 0.3) is 0 Å². The lowest BCUT2D eigenvalue weighted by Crippen LogP contribution is -2.60. The molecule has 210 valence electrons. The molecule has 1 saturated heterocycles. The number of aliphatic hydroxyl groups is 4. The van der Waals surface area contributed by atoms with Crippen LogP contribution in [-0.4, -0.2) is 105 Å². The highest BCUT2D eigenvalue weighted by Gasteiger charge is 2.47. The van der Waals surface area contributed by atoms with Crippen LogP contribution < -0.4 is 0 Å². The van der Waals surface area contributed by atoms with Crippen LogP contribution in [0.1, 0.15) is 16.8 Å². The molecule has 2 aliphatic rings. The second-order valence-electron chi connectivity index (χ2n) is 8.61. The molecule has 1 fully saturated rings. The van der Waals surface area contributed by atoms with E-state index in [1.807, 2.05) is 0 Å². The monoisotopic (exact) mass is 542 g/mol. The number of carbonyl (C=O) groups is 2. The number of ether oxygens (including phenoxy) is 5. The summed E-state index contributed by atoms with van der Waals surface area (Å²) in [5.74, 6) is -5.48. The van der Waals surface area contributed by atoms with E-state index in [0.717, 1.165) is 25.5 Å². The molecule has 0 saturated carbocycles. The number of rotatable bonds is 9. The van der Waals surface area contributed by atoms with Crippen LogP contribution in [0.25, 0.3) is 0 Å². The van der Waals surface area contributed by atoms with Gasteiger partial charge in [-0.2, -0.15) is 0 Å². The Hall–Kier alpha value is -3.40. The van der Waals surface area contributed by atoms with Crippen molar-refractivity contribution < 1.29 is 69.0 Å². The van der Waals surface area contributed by atoms with Crippen molar-refractivity contribution in [2.45, 2.75) is 43.4 Å². The molecule has 1 aromatic rings. The summed E-state index contributed by atoms with van der Waals surface area (Å²) in [5.41, 5.74) is -0.181. The number of phenols is 3. The van der Waals surface area contributed by atoms with Crippen LogP contribution in [0.5, 0.6) is 17.2 Å². The summed E-state index contributed by atoms with van der Waals surface area (Å²) in [6, 6.07) is 1.81. The molecule has 7 N–H and O–H groups in total. The fraction of sp³-hybridized carbons (Fsp3) is 0.500. The van der Waals surface area contributed by atoms with Crippen molar-refractivity contribution in [2.24, 2.45) is 11.8 Å². The Morgan fingerprint density at radius 2 is 1.68 bits per heavy atom. The topological polar surface area (TPSA) is 222 Å². The summed E-state index contributed by atoms with van der Waals surface area (Å²) in [4.78, 5) is 24.8. The number of phenolic OH excluding ortho intramolecular Hbond substituents is 3. The molecule has 0 amide bonds. The van der Waals surface area contributed by atoms with E-state index < -0.39 is 84.6 Å². The number of aliphatic hydroxyl groups excluding tert-OH is 4. The van der Waals surface area contributed by atoms with Crippen molar-refractivity contribution in [3.8, 4) is 17.2 Å². The lowest BCUT2D eigenvalue weighted by atomic mass is 9.82. The Morgan fingerprint density at radius 3 is 2.26 bits per heavy atom. The zero-order valence-electron chi connectivity index (χ0n) is 20.2. The lowest BCUT2D eigenvalue weighted by molar-refractivity contribution is -0.339. The zero-order valence-corrected chi connectivity index (χ0v) is 20.2. The van der Waals surface area contributed by atoms with Gasteiger partial charge in [0.05, 0.1) is 37.7 Å². The average Bonchev–Trinajstić information content (AvgIpc) is 2.91. The molecule has 0 bridgehead atoms. The predicted octanol–water partition coefficient (Wildman–Crippen LogP) is -1.00. The van der Waals surface area contributed by atoms with Gasteiger partial charge in [-0.25, -0.2) is 9.59 Å². The fourth-order valence-electron chi connectivity index (χ4n) is 4.17. The van der Waals surface area contributed by atoms with Gasteiger partial charge in [0, 0.05) is 11.8 Å². The molecule has 0 aliphatic carbocycles. The van der Waals surface area contributed by atoms with Crippen molar-refractivity contribution in [1.29, 1.82) is 0 Å². The van der Waals surface area contributed by atoms with E-state index in [4.69, 9.17) is 23.7 Å². The van der Waals surface area contributed by atoms with Gasteiger partial charge in [-0.05, 0) is 18.6 Å². The minimum absolute atomic E-state index is 0.0112. The number of esters is 2. The highest BCUT2D eigenvalue weighted by Crippen LogP contribution is 2.38. The number of aromatic hydroxyl groups is 3. The van der Waals surface area contributed by atoms with Gasteiger partial charge < -0.3 is 59.4 Å². The molecule has 0 spiro atoms. The largest absolute Gasteiger partial charge is 0.504 e. The molecule has 3 rings (SSSR count). The Balaban J connectivity index is 1.75. The molecular formula is C24H30O14. The second kappa shape index (κ2) is 12.4. The maximum absolute atomic E-state index is 12.4. The molecule has 1 aromatic carbocycles. The minimum atomic E-state index is -1.70. The minimum Gasteiger partial charge on any atom is -0.504 e. The Labute approximate surface area is 216 Å². The molecule has 14 nitrogen and oxygen atoms in total. The van der Waals surface area contributed by atoms with Crippen LogP contribution in [0, 0.1) is 11.8 Å². The van der Waals surface area contributed by atoms with Gasteiger partial charge >= 0.3 is 11.9 Å². The maximum Gasteiger partial charge on any atom is 0.338 e. The van der Waals surface area contributed by atoms with E-state index >= 15 is 0 Å². The summed E-state index contributed by atoms with van der Waals surface area (Å²) < 4.78 is 26.6. The lowest BCUT2D eigenvalue weighted by Gasteiger charge is -2.43. The summed E-state index contributed by atoms with van der Waals surface area (Å²) in [6.07, 6.45) is -6.49. The first-order chi connectivity index (χ1) is 18.0. The first-order valence-electron chi connectivity index (χ1n) is 11.5. The molecule has 2 heterocycles. The first-order valence-corrected chi connectivity index (χ1v) is 11.5. The number of benzene rings is 1. The smallest absolute Gasteiger partial charge is 0.338 e. The normalized spacial score (nSPS) is 31.0. The van der Waals surface area contributed by atoms with Crippen LogP contribution in [0.15, 0.2) is 36.6 Å². The van der Waals surface area contributed by atoms with E-state index in [1.165, 1.54) is 6.08 Å². The molecule has 8 atom stereocenters. The highest BCUT2D eigenvalue weighted by molar-refractivity contribution is 5.91. The third kappa shape index (κ3) is 6.01. The van der Waals surface area contributed by atoms with Crippen LogP contribution >= 0.6 is 0 Å². The van der Waals surface area contributed by atoms with Gasteiger partial charge in [-0.15, -0.1) is 6.58 Å². The molecule has 14 heteroatoms. The van der Waals surface area contributed by atoms with Crippen molar-refractivity contribution in [1.82, 2.24) is 0 Å². The number of hydrogen-bond donors (Lipinski definition) is 7. The van der Waals surface area contributed by atoms with E-state index in [2.05, 4.69) is 6.58 Å². The van der Waals surface area contributed by atoms with Gasteiger partial charge in [0.2, 0.25) is 6.29 Å². The van der Waals surface area contributed by atoms with E-state index in [0.29, 0.717) is 0 Å². The van der Waals surface area contributed by atoms with E-state index in [-0.39, 0.29) is 24.2 Å². The quantitative estimate of drug-likeness (QED) is 0.113. The molecule has 0 radical (unpaired) electrons. The van der Waals surface area contributed by atoms with E-state index in [9.17, 15) is 45.3 Å². The van der Waals surface area contributed by atoms with Crippen LogP contribution in [0.3, 0.4) is 0 Å². The summed E-state index contributed by atoms with van der Waals surface area (Å²) >= 11 is 0.